The zero-order valence-electron chi connectivity index (χ0n) is 10.9. The normalized spacial score (nSPS) is 11.3. The topological polar surface area (TPSA) is 24.5 Å². The summed E-state index contributed by atoms with van der Waals surface area (Å²) >= 11 is 0. The molecule has 0 saturated carbocycles. The Kier molecular flexibility index (Phi) is 4.19. The fraction of sp³-hybridized carbons (Fsp3) is 0.538. The van der Waals surface area contributed by atoms with E-state index in [1.165, 1.54) is 5.69 Å². The molecule has 90 valence electrons. The van der Waals surface area contributed by atoms with E-state index in [9.17, 15) is 0 Å². The summed E-state index contributed by atoms with van der Waals surface area (Å²) in [4.78, 5) is 2.26. The van der Waals surface area contributed by atoms with Crippen LogP contribution in [-0.4, -0.2) is 33.3 Å². The summed E-state index contributed by atoms with van der Waals surface area (Å²) in [5, 5.41) is 3.21. The molecule has 1 aromatic rings. The van der Waals surface area contributed by atoms with E-state index >= 15 is 0 Å². The summed E-state index contributed by atoms with van der Waals surface area (Å²) < 4.78 is 5.24. The number of nitrogens with zero attached hydrogens (tertiary/aromatic N) is 1. The van der Waals surface area contributed by atoms with E-state index in [0.717, 1.165) is 12.3 Å². The fourth-order valence-electron chi connectivity index (χ4n) is 1.72. The highest BCUT2D eigenvalue weighted by Gasteiger charge is 2.22. The molecule has 3 nitrogen and oxygen atoms in total. The minimum absolute atomic E-state index is 0.0706. The first-order valence-corrected chi connectivity index (χ1v) is 5.54. The minimum atomic E-state index is 0.0706. The van der Waals surface area contributed by atoms with Crippen LogP contribution in [0.1, 0.15) is 13.8 Å². The summed E-state index contributed by atoms with van der Waals surface area (Å²) in [6, 6.07) is 8.12. The Morgan fingerprint density at radius 1 is 1.38 bits per heavy atom. The monoisotopic (exact) mass is 222 g/mol. The Morgan fingerprint density at radius 3 is 2.62 bits per heavy atom. The second-order valence-corrected chi connectivity index (χ2v) is 4.60. The molecule has 0 saturated heterocycles. The number of ether oxygens (including phenoxy) is 1. The van der Waals surface area contributed by atoms with Crippen molar-refractivity contribution in [3.8, 4) is 5.75 Å². The Hall–Kier alpha value is -1.22. The molecule has 0 aliphatic heterocycles. The first kappa shape index (κ1) is 12.8. The van der Waals surface area contributed by atoms with Gasteiger partial charge in [-0.05, 0) is 33.0 Å². The highest BCUT2D eigenvalue weighted by molar-refractivity contribution is 5.52. The van der Waals surface area contributed by atoms with Crippen molar-refractivity contribution in [2.45, 2.75) is 19.4 Å². The second kappa shape index (κ2) is 5.21. The van der Waals surface area contributed by atoms with E-state index in [-0.39, 0.29) is 5.54 Å². The molecule has 0 unspecified atom stereocenters. The number of rotatable bonds is 5. The van der Waals surface area contributed by atoms with Crippen molar-refractivity contribution in [2.75, 3.05) is 32.6 Å². The minimum Gasteiger partial charge on any atom is -0.497 e. The number of hydrogen-bond donors (Lipinski definition) is 1. The van der Waals surface area contributed by atoms with Gasteiger partial charge < -0.3 is 15.0 Å². The highest BCUT2D eigenvalue weighted by atomic mass is 16.5. The Balaban J connectivity index is 2.90. The predicted octanol–water partition coefficient (Wildman–Crippen LogP) is 2.13. The van der Waals surface area contributed by atoms with Crippen LogP contribution in [0.3, 0.4) is 0 Å². The number of hydrogen-bond acceptors (Lipinski definition) is 3. The second-order valence-electron chi connectivity index (χ2n) is 4.60. The number of benzene rings is 1. The third-order valence-corrected chi connectivity index (χ3v) is 2.96. The number of anilines is 1. The van der Waals surface area contributed by atoms with Crippen LogP contribution >= 0.6 is 0 Å². The molecule has 0 aliphatic carbocycles. The van der Waals surface area contributed by atoms with Crippen LogP contribution in [0.25, 0.3) is 0 Å². The van der Waals surface area contributed by atoms with Gasteiger partial charge in [0.2, 0.25) is 0 Å². The first-order valence-electron chi connectivity index (χ1n) is 5.54. The maximum Gasteiger partial charge on any atom is 0.120 e. The molecule has 1 N–H and O–H groups in total. The smallest absolute Gasteiger partial charge is 0.120 e. The summed E-state index contributed by atoms with van der Waals surface area (Å²) in [5.74, 6) is 0.893. The van der Waals surface area contributed by atoms with Gasteiger partial charge >= 0.3 is 0 Å². The molecule has 0 heterocycles. The maximum atomic E-state index is 5.24. The Labute approximate surface area is 98.4 Å². The third-order valence-electron chi connectivity index (χ3n) is 2.96. The van der Waals surface area contributed by atoms with Crippen LogP contribution < -0.4 is 15.0 Å². The lowest BCUT2D eigenvalue weighted by molar-refractivity contribution is 0.413. The number of nitrogens with one attached hydrogen (secondary N) is 1. The van der Waals surface area contributed by atoms with Crippen molar-refractivity contribution in [2.24, 2.45) is 0 Å². The lowest BCUT2D eigenvalue weighted by Gasteiger charge is -2.37. The van der Waals surface area contributed by atoms with Gasteiger partial charge in [0.15, 0.2) is 0 Å². The van der Waals surface area contributed by atoms with Crippen molar-refractivity contribution in [3.63, 3.8) is 0 Å². The molecule has 0 aliphatic rings. The van der Waals surface area contributed by atoms with Gasteiger partial charge in [0.25, 0.3) is 0 Å². The largest absolute Gasteiger partial charge is 0.497 e. The predicted molar refractivity (Wildman–Crippen MR) is 69.4 cm³/mol. The average Bonchev–Trinajstić information content (AvgIpc) is 2.28. The van der Waals surface area contributed by atoms with Gasteiger partial charge in [-0.25, -0.2) is 0 Å². The van der Waals surface area contributed by atoms with Crippen LogP contribution in [0.2, 0.25) is 0 Å². The van der Waals surface area contributed by atoms with E-state index in [2.05, 4.69) is 43.2 Å². The van der Waals surface area contributed by atoms with Crippen molar-refractivity contribution in [1.82, 2.24) is 5.32 Å². The van der Waals surface area contributed by atoms with E-state index < -0.39 is 0 Å². The summed E-state index contributed by atoms with van der Waals surface area (Å²) in [6.45, 7) is 5.35. The van der Waals surface area contributed by atoms with Gasteiger partial charge in [-0.15, -0.1) is 0 Å². The van der Waals surface area contributed by atoms with Crippen LogP contribution in [-0.2, 0) is 0 Å². The van der Waals surface area contributed by atoms with E-state index in [1.54, 1.807) is 7.11 Å². The van der Waals surface area contributed by atoms with Crippen molar-refractivity contribution < 1.29 is 4.74 Å². The van der Waals surface area contributed by atoms with Gasteiger partial charge in [0.1, 0.15) is 5.75 Å². The highest BCUT2D eigenvalue weighted by Crippen LogP contribution is 2.25. The molecule has 0 bridgehead atoms. The summed E-state index contributed by atoms with van der Waals surface area (Å²) in [5.41, 5.74) is 1.24. The molecule has 0 fully saturated rings. The fourth-order valence-corrected chi connectivity index (χ4v) is 1.72. The van der Waals surface area contributed by atoms with Gasteiger partial charge in [0.05, 0.1) is 7.11 Å². The van der Waals surface area contributed by atoms with Crippen molar-refractivity contribution in [3.05, 3.63) is 24.3 Å². The molecular formula is C13H22N2O. The van der Waals surface area contributed by atoms with E-state index in [4.69, 9.17) is 4.74 Å². The molecule has 0 spiro atoms. The standard InChI is InChI=1S/C13H22N2O/c1-13(2,10-14-3)15(4)11-7-6-8-12(9-11)16-5/h6-9,14H,10H2,1-5H3. The molecule has 0 amide bonds. The zero-order chi connectivity index (χ0) is 12.2. The van der Waals surface area contributed by atoms with Crippen LogP contribution in [0.5, 0.6) is 5.75 Å². The Morgan fingerprint density at radius 2 is 2.06 bits per heavy atom. The molecule has 0 radical (unpaired) electrons. The van der Waals surface area contributed by atoms with Gasteiger partial charge in [-0.1, -0.05) is 6.07 Å². The number of likely N-dealkylation sites (N-methyl/N-ethyl adjacent to an activating group) is 2. The molecule has 1 aromatic carbocycles. The first-order chi connectivity index (χ1) is 7.51. The lowest BCUT2D eigenvalue weighted by atomic mass is 10.0. The zero-order valence-corrected chi connectivity index (χ0v) is 10.9. The van der Waals surface area contributed by atoms with Crippen LogP contribution in [0.15, 0.2) is 24.3 Å². The van der Waals surface area contributed by atoms with Gasteiger partial charge in [-0.3, -0.25) is 0 Å². The number of methoxy groups -OCH3 is 1. The molecule has 16 heavy (non-hydrogen) atoms. The quantitative estimate of drug-likeness (QED) is 0.826. The molecule has 0 aromatic heterocycles. The lowest BCUT2D eigenvalue weighted by Crippen LogP contribution is -2.48. The maximum absolute atomic E-state index is 5.24. The van der Waals surface area contributed by atoms with Crippen LogP contribution in [0, 0.1) is 0 Å². The summed E-state index contributed by atoms with van der Waals surface area (Å²) in [6.07, 6.45) is 0. The Bertz CT molecular complexity index is 336. The van der Waals surface area contributed by atoms with E-state index in [1.807, 2.05) is 19.2 Å². The molecular weight excluding hydrogens is 200 g/mol. The molecule has 3 heteroatoms. The SMILES string of the molecule is CNCC(C)(C)N(C)c1cccc(OC)c1. The van der Waals surface area contributed by atoms with Crippen molar-refractivity contribution >= 4 is 5.69 Å². The van der Waals surface area contributed by atoms with E-state index in [0.29, 0.717) is 0 Å². The van der Waals surface area contributed by atoms with Crippen LogP contribution in [0.4, 0.5) is 5.69 Å². The molecule has 0 atom stereocenters. The van der Waals surface area contributed by atoms with Gasteiger partial charge in [-0.2, -0.15) is 0 Å². The molecule has 1 rings (SSSR count). The summed E-state index contributed by atoms with van der Waals surface area (Å²) in [7, 11) is 5.77. The third kappa shape index (κ3) is 2.89. The van der Waals surface area contributed by atoms with Gasteiger partial charge in [0, 0.05) is 30.9 Å². The average molecular weight is 222 g/mol. The van der Waals surface area contributed by atoms with Crippen molar-refractivity contribution in [1.29, 1.82) is 0 Å².